The number of benzene rings is 2. The van der Waals surface area contributed by atoms with Crippen molar-refractivity contribution in [1.82, 2.24) is 4.90 Å². The fourth-order valence-corrected chi connectivity index (χ4v) is 1.79. The first kappa shape index (κ1) is 15.9. The van der Waals surface area contributed by atoms with Crippen LogP contribution in [0.3, 0.4) is 0 Å². The first-order chi connectivity index (χ1) is 10.5. The molecule has 3 nitrogen and oxygen atoms in total. The zero-order valence-corrected chi connectivity index (χ0v) is 11.9. The van der Waals surface area contributed by atoms with Crippen LogP contribution in [0.15, 0.2) is 42.5 Å². The molecular weight excluding hydrogens is 295 g/mol. The monoisotopic (exact) mass is 309 g/mol. The molecule has 1 amide bonds. The van der Waals surface area contributed by atoms with Crippen molar-refractivity contribution in [2.75, 3.05) is 13.7 Å². The van der Waals surface area contributed by atoms with Crippen LogP contribution in [0.5, 0.6) is 5.75 Å². The summed E-state index contributed by atoms with van der Waals surface area (Å²) in [4.78, 5) is 13.3. The van der Waals surface area contributed by atoms with Gasteiger partial charge in [0.15, 0.2) is 18.2 Å². The topological polar surface area (TPSA) is 29.5 Å². The normalized spacial score (nSPS) is 10.4. The van der Waals surface area contributed by atoms with Gasteiger partial charge in [-0.05, 0) is 29.8 Å². The van der Waals surface area contributed by atoms with E-state index in [1.807, 2.05) is 0 Å². The molecule has 0 unspecified atom stereocenters. The summed E-state index contributed by atoms with van der Waals surface area (Å²) < 4.78 is 43.9. The number of carbonyl (C=O) groups is 1. The number of hydrogen-bond acceptors (Lipinski definition) is 2. The average Bonchev–Trinajstić information content (AvgIpc) is 2.48. The summed E-state index contributed by atoms with van der Waals surface area (Å²) >= 11 is 0. The lowest BCUT2D eigenvalue weighted by Gasteiger charge is -2.17. The third-order valence-corrected chi connectivity index (χ3v) is 3.00. The first-order valence-corrected chi connectivity index (χ1v) is 6.52. The number of hydrogen-bond donors (Lipinski definition) is 0. The summed E-state index contributed by atoms with van der Waals surface area (Å²) in [5.41, 5.74) is 0.755. The molecule has 0 fully saturated rings. The van der Waals surface area contributed by atoms with Gasteiger partial charge in [0.05, 0.1) is 0 Å². The second kappa shape index (κ2) is 6.98. The van der Waals surface area contributed by atoms with Crippen LogP contribution in [0.25, 0.3) is 0 Å². The maximum absolute atomic E-state index is 13.4. The van der Waals surface area contributed by atoms with Gasteiger partial charge in [-0.3, -0.25) is 4.79 Å². The molecule has 0 saturated carbocycles. The molecule has 0 bridgehead atoms. The highest BCUT2D eigenvalue weighted by atomic mass is 19.1. The molecule has 2 aromatic carbocycles. The number of nitrogens with zero attached hydrogens (tertiary/aromatic N) is 1. The molecule has 0 spiro atoms. The Balaban J connectivity index is 1.89. The largest absolute Gasteiger partial charge is 0.481 e. The third-order valence-electron chi connectivity index (χ3n) is 3.00. The van der Waals surface area contributed by atoms with E-state index in [1.165, 1.54) is 17.0 Å². The van der Waals surface area contributed by atoms with Crippen molar-refractivity contribution >= 4 is 5.91 Å². The number of ether oxygens (including phenoxy) is 1. The van der Waals surface area contributed by atoms with E-state index in [0.717, 1.165) is 17.7 Å². The Hall–Kier alpha value is -2.50. The van der Waals surface area contributed by atoms with Gasteiger partial charge in [0.1, 0.15) is 11.6 Å². The van der Waals surface area contributed by atoms with Gasteiger partial charge in [0.25, 0.3) is 5.91 Å². The van der Waals surface area contributed by atoms with Gasteiger partial charge >= 0.3 is 0 Å². The van der Waals surface area contributed by atoms with E-state index in [9.17, 15) is 18.0 Å². The molecule has 2 aromatic rings. The van der Waals surface area contributed by atoms with Crippen LogP contribution in [-0.2, 0) is 11.3 Å². The van der Waals surface area contributed by atoms with Gasteiger partial charge in [-0.25, -0.2) is 13.2 Å². The lowest BCUT2D eigenvalue weighted by molar-refractivity contribution is -0.132. The van der Waals surface area contributed by atoms with Crippen molar-refractivity contribution in [3.8, 4) is 5.75 Å². The first-order valence-electron chi connectivity index (χ1n) is 6.52. The van der Waals surface area contributed by atoms with Crippen molar-refractivity contribution in [3.05, 3.63) is 65.5 Å². The molecule has 116 valence electrons. The van der Waals surface area contributed by atoms with E-state index in [0.29, 0.717) is 6.07 Å². The summed E-state index contributed by atoms with van der Waals surface area (Å²) in [5.74, 6) is -2.51. The van der Waals surface area contributed by atoms with Gasteiger partial charge in [-0.1, -0.05) is 12.1 Å². The Morgan fingerprint density at radius 2 is 1.68 bits per heavy atom. The number of amides is 1. The van der Waals surface area contributed by atoms with Crippen LogP contribution in [0.4, 0.5) is 13.2 Å². The molecular formula is C16H14F3NO2. The van der Waals surface area contributed by atoms with Crippen LogP contribution in [0, 0.1) is 17.5 Å². The summed E-state index contributed by atoms with van der Waals surface area (Å²) in [7, 11) is 1.55. The SMILES string of the molecule is CN(Cc1ccc(F)cc1)C(=O)COc1ccc(F)cc1F. The minimum atomic E-state index is -0.867. The maximum atomic E-state index is 13.4. The maximum Gasteiger partial charge on any atom is 0.260 e. The van der Waals surface area contributed by atoms with Crippen molar-refractivity contribution < 1.29 is 22.7 Å². The quantitative estimate of drug-likeness (QED) is 0.849. The zero-order valence-electron chi connectivity index (χ0n) is 11.9. The molecule has 2 rings (SSSR count). The van der Waals surface area contributed by atoms with Gasteiger partial charge in [0.2, 0.25) is 0 Å². The van der Waals surface area contributed by atoms with Gasteiger partial charge in [-0.2, -0.15) is 0 Å². The number of rotatable bonds is 5. The fraction of sp³-hybridized carbons (Fsp3) is 0.188. The van der Waals surface area contributed by atoms with E-state index in [4.69, 9.17) is 4.74 Å². The molecule has 0 heterocycles. The van der Waals surface area contributed by atoms with Crippen LogP contribution >= 0.6 is 0 Å². The van der Waals surface area contributed by atoms with Crippen LogP contribution in [-0.4, -0.2) is 24.5 Å². The molecule has 0 atom stereocenters. The molecule has 6 heteroatoms. The smallest absolute Gasteiger partial charge is 0.260 e. The van der Waals surface area contributed by atoms with Gasteiger partial charge in [-0.15, -0.1) is 0 Å². The Morgan fingerprint density at radius 1 is 1.05 bits per heavy atom. The highest BCUT2D eigenvalue weighted by Gasteiger charge is 2.12. The molecule has 0 N–H and O–H groups in total. The molecule has 0 aliphatic carbocycles. The predicted molar refractivity (Wildman–Crippen MR) is 74.7 cm³/mol. The summed E-state index contributed by atoms with van der Waals surface area (Å²) in [6.45, 7) is -0.103. The van der Waals surface area contributed by atoms with Gasteiger partial charge in [0, 0.05) is 19.7 Å². The molecule has 0 aliphatic heterocycles. The second-order valence-electron chi connectivity index (χ2n) is 4.74. The van der Waals surface area contributed by atoms with Crippen LogP contribution < -0.4 is 4.74 Å². The molecule has 0 aliphatic rings. The minimum absolute atomic E-state index is 0.190. The Labute approximate surface area is 125 Å². The lowest BCUT2D eigenvalue weighted by atomic mass is 10.2. The Bertz CT molecular complexity index is 659. The second-order valence-corrected chi connectivity index (χ2v) is 4.74. The predicted octanol–water partition coefficient (Wildman–Crippen LogP) is 3.14. The molecule has 0 aromatic heterocycles. The van der Waals surface area contributed by atoms with Crippen molar-refractivity contribution in [2.24, 2.45) is 0 Å². The number of likely N-dealkylation sites (N-methyl/N-ethyl adjacent to an activating group) is 1. The van der Waals surface area contributed by atoms with E-state index in [2.05, 4.69) is 0 Å². The minimum Gasteiger partial charge on any atom is -0.481 e. The standard InChI is InChI=1S/C16H14F3NO2/c1-20(9-11-2-4-12(17)5-3-11)16(21)10-22-15-7-6-13(18)8-14(15)19/h2-8H,9-10H2,1H3. The summed E-state index contributed by atoms with van der Waals surface area (Å²) in [5, 5.41) is 0. The van der Waals surface area contributed by atoms with E-state index in [1.54, 1.807) is 19.2 Å². The molecule has 0 saturated heterocycles. The lowest BCUT2D eigenvalue weighted by Crippen LogP contribution is -2.31. The van der Waals surface area contributed by atoms with E-state index in [-0.39, 0.29) is 30.6 Å². The highest BCUT2D eigenvalue weighted by molar-refractivity contribution is 5.77. The Kier molecular flexibility index (Phi) is 5.04. The molecule has 0 radical (unpaired) electrons. The average molecular weight is 309 g/mol. The summed E-state index contributed by atoms with van der Waals surface area (Å²) in [6, 6.07) is 8.60. The van der Waals surface area contributed by atoms with Crippen LogP contribution in [0.2, 0.25) is 0 Å². The number of halogens is 3. The van der Waals surface area contributed by atoms with E-state index < -0.39 is 11.6 Å². The van der Waals surface area contributed by atoms with Crippen LogP contribution in [0.1, 0.15) is 5.56 Å². The molecule has 22 heavy (non-hydrogen) atoms. The van der Waals surface area contributed by atoms with Crippen molar-refractivity contribution in [2.45, 2.75) is 6.54 Å². The van der Waals surface area contributed by atoms with Crippen molar-refractivity contribution in [1.29, 1.82) is 0 Å². The number of carbonyl (C=O) groups excluding carboxylic acids is 1. The summed E-state index contributed by atoms with van der Waals surface area (Å²) in [6.07, 6.45) is 0. The highest BCUT2D eigenvalue weighted by Crippen LogP contribution is 2.17. The van der Waals surface area contributed by atoms with Crippen molar-refractivity contribution in [3.63, 3.8) is 0 Å². The zero-order chi connectivity index (χ0) is 16.1. The third kappa shape index (κ3) is 4.25. The van der Waals surface area contributed by atoms with E-state index >= 15 is 0 Å². The van der Waals surface area contributed by atoms with Gasteiger partial charge < -0.3 is 9.64 Å². The Morgan fingerprint density at radius 3 is 2.32 bits per heavy atom. The fourth-order valence-electron chi connectivity index (χ4n) is 1.79.